The highest BCUT2D eigenvalue weighted by molar-refractivity contribution is 5.73. The molecule has 5 heteroatoms. The highest BCUT2D eigenvalue weighted by Gasteiger charge is 2.17. The van der Waals surface area contributed by atoms with E-state index in [1.165, 1.54) is 17.9 Å². The Morgan fingerprint density at radius 3 is 2.69 bits per heavy atom. The van der Waals surface area contributed by atoms with Gasteiger partial charge in [-0.2, -0.15) is 0 Å². The Morgan fingerprint density at radius 1 is 1.69 bits per heavy atom. The molecule has 13 heavy (non-hydrogen) atoms. The molecule has 0 aliphatic heterocycles. The zero-order chi connectivity index (χ0) is 10.0. The predicted octanol–water partition coefficient (Wildman–Crippen LogP) is 0.219. The van der Waals surface area contributed by atoms with E-state index in [0.717, 1.165) is 5.69 Å². The van der Waals surface area contributed by atoms with Gasteiger partial charge >= 0.3 is 5.97 Å². The average Bonchev–Trinajstić information content (AvgIpc) is 2.42. The second-order valence-electron chi connectivity index (χ2n) is 2.85. The molecule has 1 aromatic heterocycles. The highest BCUT2D eigenvalue weighted by atomic mass is 16.5. The van der Waals surface area contributed by atoms with E-state index in [-0.39, 0.29) is 5.56 Å². The summed E-state index contributed by atoms with van der Waals surface area (Å²) in [5, 5.41) is 2.76. The van der Waals surface area contributed by atoms with Crippen LogP contribution in [0.25, 0.3) is 0 Å². The first-order valence-electron chi connectivity index (χ1n) is 3.92. The number of carbonyl (C=O) groups excluding carboxylic acids is 1. The second kappa shape index (κ2) is 3.47. The molecule has 0 amide bonds. The molecule has 0 unspecified atom stereocenters. The molecule has 72 valence electrons. The Morgan fingerprint density at radius 2 is 2.31 bits per heavy atom. The molecule has 1 aromatic rings. The van der Waals surface area contributed by atoms with Crippen LogP contribution in [0.3, 0.4) is 0 Å². The van der Waals surface area contributed by atoms with Gasteiger partial charge in [0.1, 0.15) is 6.04 Å². The van der Waals surface area contributed by atoms with Crippen LogP contribution in [0.5, 0.6) is 0 Å². The minimum absolute atomic E-state index is 0.226. The Balaban J connectivity index is 3.01. The van der Waals surface area contributed by atoms with Crippen LogP contribution in [0.15, 0.2) is 10.9 Å². The van der Waals surface area contributed by atoms with Crippen molar-refractivity contribution in [2.24, 2.45) is 0 Å². The van der Waals surface area contributed by atoms with Crippen molar-refractivity contribution < 1.29 is 9.53 Å². The zero-order valence-electron chi connectivity index (χ0n) is 7.83. The van der Waals surface area contributed by atoms with Crippen molar-refractivity contribution in [1.82, 2.24) is 9.78 Å². The summed E-state index contributed by atoms with van der Waals surface area (Å²) < 4.78 is 5.75. The number of hydrogen-bond donors (Lipinski definition) is 1. The number of esters is 1. The molecule has 0 aromatic carbocycles. The van der Waals surface area contributed by atoms with Gasteiger partial charge < -0.3 is 4.74 Å². The van der Waals surface area contributed by atoms with Gasteiger partial charge in [0, 0.05) is 11.8 Å². The van der Waals surface area contributed by atoms with Crippen molar-refractivity contribution in [3.05, 3.63) is 22.1 Å². The van der Waals surface area contributed by atoms with Crippen LogP contribution in [0, 0.1) is 6.92 Å². The van der Waals surface area contributed by atoms with Crippen molar-refractivity contribution >= 4 is 5.97 Å². The number of aromatic amines is 1. The summed E-state index contributed by atoms with van der Waals surface area (Å²) in [4.78, 5) is 22.3. The van der Waals surface area contributed by atoms with E-state index in [1.54, 1.807) is 13.8 Å². The van der Waals surface area contributed by atoms with Crippen LogP contribution in [-0.2, 0) is 9.53 Å². The van der Waals surface area contributed by atoms with Crippen LogP contribution < -0.4 is 5.56 Å². The maximum atomic E-state index is 11.2. The summed E-state index contributed by atoms with van der Waals surface area (Å²) in [5.41, 5.74) is 0.496. The largest absolute Gasteiger partial charge is 0.467 e. The van der Waals surface area contributed by atoms with Gasteiger partial charge in [-0.1, -0.05) is 0 Å². The molecule has 0 saturated heterocycles. The molecule has 1 heterocycles. The summed E-state index contributed by atoms with van der Waals surface area (Å²) in [6.45, 7) is 3.35. The third-order valence-corrected chi connectivity index (χ3v) is 1.80. The van der Waals surface area contributed by atoms with Gasteiger partial charge in [0.15, 0.2) is 0 Å². The smallest absolute Gasteiger partial charge is 0.330 e. The number of rotatable bonds is 2. The fourth-order valence-electron chi connectivity index (χ4n) is 1.10. The Labute approximate surface area is 75.3 Å². The van der Waals surface area contributed by atoms with Gasteiger partial charge in [-0.05, 0) is 13.8 Å². The summed E-state index contributed by atoms with van der Waals surface area (Å²) in [6.07, 6.45) is 0. The number of hydrogen-bond acceptors (Lipinski definition) is 3. The first-order chi connectivity index (χ1) is 6.06. The van der Waals surface area contributed by atoms with Crippen molar-refractivity contribution in [1.29, 1.82) is 0 Å². The molecule has 0 bridgehead atoms. The van der Waals surface area contributed by atoms with Crippen molar-refractivity contribution in [3.8, 4) is 0 Å². The highest BCUT2D eigenvalue weighted by Crippen LogP contribution is 2.02. The molecule has 0 aliphatic rings. The predicted molar refractivity (Wildman–Crippen MR) is 46.5 cm³/mol. The molecular formula is C8H12N2O3. The van der Waals surface area contributed by atoms with E-state index in [2.05, 4.69) is 9.84 Å². The Hall–Kier alpha value is -1.52. The molecule has 1 N–H and O–H groups in total. The number of aryl methyl sites for hydroxylation is 1. The number of methoxy groups -OCH3 is 1. The molecule has 0 fully saturated rings. The van der Waals surface area contributed by atoms with E-state index < -0.39 is 12.0 Å². The molecule has 0 saturated carbocycles. The molecular weight excluding hydrogens is 172 g/mol. The number of nitrogens with zero attached hydrogens (tertiary/aromatic N) is 1. The molecule has 1 rings (SSSR count). The zero-order valence-corrected chi connectivity index (χ0v) is 7.83. The summed E-state index contributed by atoms with van der Waals surface area (Å²) in [6, 6.07) is 0.825. The minimum atomic E-state index is -0.605. The minimum Gasteiger partial charge on any atom is -0.467 e. The number of aromatic nitrogens is 2. The average molecular weight is 184 g/mol. The van der Waals surface area contributed by atoms with E-state index >= 15 is 0 Å². The van der Waals surface area contributed by atoms with E-state index in [9.17, 15) is 9.59 Å². The Kier molecular flexibility index (Phi) is 2.55. The molecule has 0 aliphatic carbocycles. The maximum absolute atomic E-state index is 11.2. The van der Waals surface area contributed by atoms with Gasteiger partial charge in [0.05, 0.1) is 7.11 Å². The monoisotopic (exact) mass is 184 g/mol. The first-order valence-corrected chi connectivity index (χ1v) is 3.92. The SMILES string of the molecule is COC(=O)[C@@H](C)n1[nH]c(C)cc1=O. The third kappa shape index (κ3) is 1.80. The lowest BCUT2D eigenvalue weighted by Crippen LogP contribution is -2.26. The van der Waals surface area contributed by atoms with Gasteiger partial charge in [-0.25, -0.2) is 9.48 Å². The number of ether oxygens (including phenoxy) is 1. The summed E-state index contributed by atoms with van der Waals surface area (Å²) in [5.74, 6) is -0.441. The molecule has 5 nitrogen and oxygen atoms in total. The lowest BCUT2D eigenvalue weighted by atomic mass is 10.3. The van der Waals surface area contributed by atoms with Crippen LogP contribution in [-0.4, -0.2) is 22.9 Å². The van der Waals surface area contributed by atoms with Crippen LogP contribution in [0.2, 0.25) is 0 Å². The van der Waals surface area contributed by atoms with Gasteiger partial charge in [-0.3, -0.25) is 9.89 Å². The van der Waals surface area contributed by atoms with Crippen LogP contribution in [0.1, 0.15) is 18.7 Å². The van der Waals surface area contributed by atoms with Crippen molar-refractivity contribution in [3.63, 3.8) is 0 Å². The standard InChI is InChI=1S/C8H12N2O3/c1-5-4-7(11)10(9-5)6(2)8(12)13-3/h4,6,9H,1-3H3/t6-/m1/s1. The maximum Gasteiger partial charge on any atom is 0.330 e. The normalized spacial score (nSPS) is 12.5. The first kappa shape index (κ1) is 9.57. The topological polar surface area (TPSA) is 64.1 Å². The van der Waals surface area contributed by atoms with E-state index in [1.807, 2.05) is 0 Å². The fraction of sp³-hybridized carbons (Fsp3) is 0.500. The molecule has 0 radical (unpaired) electrons. The Bertz CT molecular complexity index is 364. The lowest BCUT2D eigenvalue weighted by molar-refractivity contribution is -0.144. The number of carbonyl (C=O) groups is 1. The summed E-state index contributed by atoms with van der Waals surface area (Å²) >= 11 is 0. The second-order valence-corrected chi connectivity index (χ2v) is 2.85. The van der Waals surface area contributed by atoms with Gasteiger partial charge in [-0.15, -0.1) is 0 Å². The fourth-order valence-corrected chi connectivity index (χ4v) is 1.10. The number of H-pyrrole nitrogens is 1. The van der Waals surface area contributed by atoms with Crippen LogP contribution in [0.4, 0.5) is 0 Å². The number of nitrogens with one attached hydrogen (secondary N) is 1. The van der Waals surface area contributed by atoms with Gasteiger partial charge in [0.25, 0.3) is 5.56 Å². The van der Waals surface area contributed by atoms with Gasteiger partial charge in [0.2, 0.25) is 0 Å². The van der Waals surface area contributed by atoms with Crippen LogP contribution >= 0.6 is 0 Å². The quantitative estimate of drug-likeness (QED) is 0.668. The summed E-state index contributed by atoms with van der Waals surface area (Å²) in [7, 11) is 1.29. The molecule has 0 spiro atoms. The van der Waals surface area contributed by atoms with Crippen molar-refractivity contribution in [2.45, 2.75) is 19.9 Å². The molecule has 1 atom stereocenters. The van der Waals surface area contributed by atoms with Crippen molar-refractivity contribution in [2.75, 3.05) is 7.11 Å². The van der Waals surface area contributed by atoms with E-state index in [4.69, 9.17) is 0 Å². The third-order valence-electron chi connectivity index (χ3n) is 1.80. The van der Waals surface area contributed by atoms with E-state index in [0.29, 0.717) is 0 Å². The lowest BCUT2D eigenvalue weighted by Gasteiger charge is -2.08.